The molecule has 1 saturated heterocycles. The van der Waals surface area contributed by atoms with Crippen LogP contribution in [-0.2, 0) is 11.3 Å². The Morgan fingerprint density at radius 3 is 3.14 bits per heavy atom. The Morgan fingerprint density at radius 1 is 1.32 bits per heavy atom. The minimum absolute atomic E-state index is 0.175. The molecule has 4 nitrogen and oxygen atoms in total. The van der Waals surface area contributed by atoms with Crippen molar-refractivity contribution in [2.75, 3.05) is 13.1 Å². The van der Waals surface area contributed by atoms with Gasteiger partial charge in [-0.15, -0.1) is 0 Å². The van der Waals surface area contributed by atoms with E-state index in [0.29, 0.717) is 0 Å². The quantitative estimate of drug-likeness (QED) is 0.742. The number of aromatic nitrogens is 2. The summed E-state index contributed by atoms with van der Waals surface area (Å²) >= 11 is 1.73. The highest BCUT2D eigenvalue weighted by molar-refractivity contribution is 7.07. The van der Waals surface area contributed by atoms with Crippen LogP contribution in [0.3, 0.4) is 0 Å². The summed E-state index contributed by atoms with van der Waals surface area (Å²) in [6, 6.07) is 6.42. The average Bonchev–Trinajstić information content (AvgIpc) is 3.19. The van der Waals surface area contributed by atoms with Gasteiger partial charge in [-0.05, 0) is 35.4 Å². The summed E-state index contributed by atoms with van der Waals surface area (Å²) < 4.78 is 8.19. The molecule has 1 fully saturated rings. The Morgan fingerprint density at radius 2 is 2.27 bits per heavy atom. The van der Waals surface area contributed by atoms with E-state index in [1.54, 1.807) is 11.3 Å². The molecule has 3 aromatic heterocycles. The predicted molar refractivity (Wildman–Crippen MR) is 88.1 cm³/mol. The first kappa shape index (κ1) is 13.9. The highest BCUT2D eigenvalue weighted by atomic mass is 32.1. The van der Waals surface area contributed by atoms with Gasteiger partial charge >= 0.3 is 0 Å². The Hall–Kier alpha value is -1.69. The molecule has 0 saturated carbocycles. The first-order chi connectivity index (χ1) is 10.8. The fourth-order valence-electron chi connectivity index (χ4n) is 3.18. The van der Waals surface area contributed by atoms with Gasteiger partial charge in [0, 0.05) is 43.8 Å². The largest absolute Gasteiger partial charge is 0.368 e. The second-order valence-corrected chi connectivity index (χ2v) is 6.66. The van der Waals surface area contributed by atoms with Gasteiger partial charge in [-0.25, -0.2) is 4.98 Å². The van der Waals surface area contributed by atoms with Gasteiger partial charge < -0.3 is 9.14 Å². The second kappa shape index (κ2) is 5.83. The number of ether oxygens (including phenoxy) is 1. The molecule has 1 aliphatic heterocycles. The highest BCUT2D eigenvalue weighted by Gasteiger charge is 2.27. The van der Waals surface area contributed by atoms with Gasteiger partial charge in [-0.3, -0.25) is 4.90 Å². The van der Waals surface area contributed by atoms with Gasteiger partial charge in [0.05, 0.1) is 12.2 Å². The van der Waals surface area contributed by atoms with Crippen LogP contribution in [0.5, 0.6) is 0 Å². The molecule has 0 spiro atoms. The van der Waals surface area contributed by atoms with E-state index in [1.165, 1.54) is 11.1 Å². The standard InChI is InChI=1S/C17H19N3OS/c1-13-9-19(11-16(21-13)15-4-8-22-12-15)10-14-3-2-6-20-7-5-18-17(14)20/h2-8,12-13,16H,9-11H2,1H3. The molecule has 0 aromatic carbocycles. The first-order valence-corrected chi connectivity index (χ1v) is 8.54. The smallest absolute Gasteiger partial charge is 0.141 e. The third-order valence-corrected chi connectivity index (χ3v) is 4.85. The van der Waals surface area contributed by atoms with Gasteiger partial charge in [-0.2, -0.15) is 11.3 Å². The van der Waals surface area contributed by atoms with Crippen molar-refractivity contribution >= 4 is 17.0 Å². The lowest BCUT2D eigenvalue weighted by molar-refractivity contribution is -0.0811. The lowest BCUT2D eigenvalue weighted by atomic mass is 10.1. The lowest BCUT2D eigenvalue weighted by Crippen LogP contribution is -2.42. The molecule has 2 atom stereocenters. The number of morpholine rings is 1. The first-order valence-electron chi connectivity index (χ1n) is 7.60. The number of hydrogen-bond acceptors (Lipinski definition) is 4. The van der Waals surface area contributed by atoms with Crippen molar-refractivity contribution in [3.8, 4) is 0 Å². The van der Waals surface area contributed by atoms with E-state index >= 15 is 0 Å². The fourth-order valence-corrected chi connectivity index (χ4v) is 3.88. The van der Waals surface area contributed by atoms with Crippen LogP contribution in [0.25, 0.3) is 5.65 Å². The molecule has 0 amide bonds. The molecular formula is C17H19N3OS. The van der Waals surface area contributed by atoms with Crippen LogP contribution in [0.2, 0.25) is 0 Å². The molecule has 4 heterocycles. The van der Waals surface area contributed by atoms with Crippen LogP contribution in [0.4, 0.5) is 0 Å². The number of thiophene rings is 1. The molecule has 1 aliphatic rings. The van der Waals surface area contributed by atoms with E-state index in [-0.39, 0.29) is 12.2 Å². The third kappa shape index (κ3) is 2.67. The van der Waals surface area contributed by atoms with Crippen LogP contribution < -0.4 is 0 Å². The molecule has 2 unspecified atom stereocenters. The van der Waals surface area contributed by atoms with E-state index in [2.05, 4.69) is 50.2 Å². The molecule has 5 heteroatoms. The Labute approximate surface area is 134 Å². The van der Waals surface area contributed by atoms with E-state index < -0.39 is 0 Å². The molecule has 3 aromatic rings. The monoisotopic (exact) mass is 313 g/mol. The minimum atomic E-state index is 0.175. The van der Waals surface area contributed by atoms with Crippen molar-refractivity contribution in [1.29, 1.82) is 0 Å². The van der Waals surface area contributed by atoms with Crippen molar-refractivity contribution < 1.29 is 4.74 Å². The number of rotatable bonds is 3. The van der Waals surface area contributed by atoms with Crippen molar-refractivity contribution in [2.24, 2.45) is 0 Å². The Kier molecular flexibility index (Phi) is 3.70. The van der Waals surface area contributed by atoms with Crippen LogP contribution >= 0.6 is 11.3 Å². The zero-order chi connectivity index (χ0) is 14.9. The Balaban J connectivity index is 1.56. The maximum atomic E-state index is 6.12. The van der Waals surface area contributed by atoms with Gasteiger partial charge in [0.1, 0.15) is 5.65 Å². The summed E-state index contributed by atoms with van der Waals surface area (Å²) in [4.78, 5) is 6.95. The van der Waals surface area contributed by atoms with E-state index in [4.69, 9.17) is 4.74 Å². The zero-order valence-electron chi connectivity index (χ0n) is 12.6. The maximum absolute atomic E-state index is 6.12. The number of imidazole rings is 1. The van der Waals surface area contributed by atoms with Gasteiger partial charge in [0.25, 0.3) is 0 Å². The van der Waals surface area contributed by atoms with Crippen molar-refractivity contribution in [3.05, 3.63) is 58.7 Å². The van der Waals surface area contributed by atoms with Crippen LogP contribution in [-0.4, -0.2) is 33.5 Å². The zero-order valence-corrected chi connectivity index (χ0v) is 13.4. The molecule has 4 rings (SSSR count). The summed E-state index contributed by atoms with van der Waals surface area (Å²) in [5.41, 5.74) is 3.61. The van der Waals surface area contributed by atoms with E-state index in [0.717, 1.165) is 25.3 Å². The van der Waals surface area contributed by atoms with Gasteiger partial charge in [0.15, 0.2) is 0 Å². The molecule has 114 valence electrons. The molecule has 0 radical (unpaired) electrons. The summed E-state index contributed by atoms with van der Waals surface area (Å²) in [7, 11) is 0. The van der Waals surface area contributed by atoms with E-state index in [1.807, 2.05) is 18.6 Å². The van der Waals surface area contributed by atoms with Crippen LogP contribution in [0, 0.1) is 0 Å². The van der Waals surface area contributed by atoms with E-state index in [9.17, 15) is 0 Å². The van der Waals surface area contributed by atoms with Gasteiger partial charge in [-0.1, -0.05) is 6.07 Å². The van der Waals surface area contributed by atoms with Crippen molar-refractivity contribution in [1.82, 2.24) is 14.3 Å². The topological polar surface area (TPSA) is 29.8 Å². The number of hydrogen-bond donors (Lipinski definition) is 0. The maximum Gasteiger partial charge on any atom is 0.141 e. The normalized spacial score (nSPS) is 23.1. The van der Waals surface area contributed by atoms with Crippen LogP contribution in [0.1, 0.15) is 24.2 Å². The SMILES string of the molecule is CC1CN(Cc2cccn3ccnc23)CC(c2ccsc2)O1. The lowest BCUT2D eigenvalue weighted by Gasteiger charge is -2.36. The number of pyridine rings is 1. The van der Waals surface area contributed by atoms with Crippen LogP contribution in [0.15, 0.2) is 47.5 Å². The molecular weight excluding hydrogens is 294 g/mol. The van der Waals surface area contributed by atoms with Crippen molar-refractivity contribution in [2.45, 2.75) is 25.7 Å². The predicted octanol–water partition coefficient (Wildman–Crippen LogP) is 3.36. The summed E-state index contributed by atoms with van der Waals surface area (Å²) in [5, 5.41) is 4.31. The third-order valence-electron chi connectivity index (χ3n) is 4.14. The number of nitrogens with zero attached hydrogens (tertiary/aromatic N) is 3. The second-order valence-electron chi connectivity index (χ2n) is 5.88. The Bertz CT molecular complexity index is 752. The highest BCUT2D eigenvalue weighted by Crippen LogP contribution is 2.28. The molecule has 0 bridgehead atoms. The van der Waals surface area contributed by atoms with Crippen molar-refractivity contribution in [3.63, 3.8) is 0 Å². The average molecular weight is 313 g/mol. The van der Waals surface area contributed by atoms with Gasteiger partial charge in [0.2, 0.25) is 0 Å². The fraction of sp³-hybridized carbons (Fsp3) is 0.353. The minimum Gasteiger partial charge on any atom is -0.368 e. The molecule has 22 heavy (non-hydrogen) atoms. The molecule has 0 N–H and O–H groups in total. The number of fused-ring (bicyclic) bond motifs is 1. The molecule has 0 aliphatic carbocycles. The summed E-state index contributed by atoms with van der Waals surface area (Å²) in [5.74, 6) is 0. The summed E-state index contributed by atoms with van der Waals surface area (Å²) in [6.07, 6.45) is 6.32. The summed E-state index contributed by atoms with van der Waals surface area (Å²) in [6.45, 7) is 4.96.